The van der Waals surface area contributed by atoms with Crippen LogP contribution in [0.2, 0.25) is 0 Å². The molecule has 0 unspecified atom stereocenters. The summed E-state index contributed by atoms with van der Waals surface area (Å²) in [6.45, 7) is 0. The van der Waals surface area contributed by atoms with E-state index in [0.29, 0.717) is 0 Å². The summed E-state index contributed by atoms with van der Waals surface area (Å²) in [5.41, 5.74) is 11.5. The van der Waals surface area contributed by atoms with E-state index >= 15 is 0 Å². The molecule has 0 fully saturated rings. The third-order valence-electron chi connectivity index (χ3n) is 9.23. The molecule has 7 aromatic carbocycles. The second-order valence-electron chi connectivity index (χ2n) is 12.0. The lowest BCUT2D eigenvalue weighted by molar-refractivity contribution is 0.686. The van der Waals surface area contributed by atoms with Crippen molar-refractivity contribution in [3.05, 3.63) is 186 Å². The molecule has 0 radical (unpaired) electrons. The molecule has 8 rings (SSSR count). The van der Waals surface area contributed by atoms with Gasteiger partial charge in [-0.2, -0.15) is 0 Å². The van der Waals surface area contributed by atoms with Gasteiger partial charge in [0.1, 0.15) is 0 Å². The summed E-state index contributed by atoms with van der Waals surface area (Å²) in [6.07, 6.45) is 7.29. The molecule has 1 aliphatic carbocycles. The summed E-state index contributed by atoms with van der Waals surface area (Å²) in [6, 6.07) is 57.4. The quantitative estimate of drug-likeness (QED) is 0.140. The van der Waals surface area contributed by atoms with Gasteiger partial charge in [-0.25, -0.2) is 0 Å². The van der Waals surface area contributed by atoms with Crippen LogP contribution in [0.3, 0.4) is 0 Å². The number of benzene rings is 7. The summed E-state index contributed by atoms with van der Waals surface area (Å²) in [7, 11) is 0. The Bertz CT molecular complexity index is 2050. The molecule has 0 saturated heterocycles. The molecule has 45 heavy (non-hydrogen) atoms. The van der Waals surface area contributed by atoms with E-state index in [4.69, 9.17) is 0 Å². The standard InChI is InChI=1S/C44H35N/c1-4-17-33(18-5-1)42(34-19-6-2-7-20-34)31-43-38-24-12-14-26-40(38)44(41-27-15-13-25-39(41)43)45(36-22-8-3-9-23-36)37-29-28-32-16-10-11-21-35(32)30-37/h1-9,12-15,17-20,22-31H,10-11,16,21H2. The predicted molar refractivity (Wildman–Crippen MR) is 193 cm³/mol. The summed E-state index contributed by atoms with van der Waals surface area (Å²) >= 11 is 0. The fourth-order valence-corrected chi connectivity index (χ4v) is 7.09. The number of fused-ring (bicyclic) bond motifs is 3. The first-order chi connectivity index (χ1) is 22.3. The van der Waals surface area contributed by atoms with Gasteiger partial charge in [0, 0.05) is 22.1 Å². The second kappa shape index (κ2) is 11.9. The minimum Gasteiger partial charge on any atom is -0.309 e. The van der Waals surface area contributed by atoms with E-state index < -0.39 is 0 Å². The third kappa shape index (κ3) is 5.11. The lowest BCUT2D eigenvalue weighted by Crippen LogP contribution is -2.13. The van der Waals surface area contributed by atoms with Gasteiger partial charge in [0.15, 0.2) is 0 Å². The molecule has 0 aliphatic heterocycles. The Kier molecular flexibility index (Phi) is 7.21. The van der Waals surface area contributed by atoms with E-state index in [1.165, 1.54) is 91.3 Å². The Labute approximate surface area is 265 Å². The molecule has 1 heteroatoms. The van der Waals surface area contributed by atoms with Crippen molar-refractivity contribution >= 4 is 50.3 Å². The first-order valence-corrected chi connectivity index (χ1v) is 16.1. The van der Waals surface area contributed by atoms with E-state index in [1.54, 1.807) is 0 Å². The average molecular weight is 578 g/mol. The zero-order chi connectivity index (χ0) is 30.0. The van der Waals surface area contributed by atoms with Gasteiger partial charge in [0.25, 0.3) is 0 Å². The van der Waals surface area contributed by atoms with Crippen LogP contribution in [-0.2, 0) is 12.8 Å². The maximum absolute atomic E-state index is 2.49. The normalized spacial score (nSPS) is 12.5. The van der Waals surface area contributed by atoms with Crippen LogP contribution in [-0.4, -0.2) is 0 Å². The lowest BCUT2D eigenvalue weighted by atomic mass is 9.89. The van der Waals surface area contributed by atoms with Crippen molar-refractivity contribution in [1.29, 1.82) is 0 Å². The van der Waals surface area contributed by atoms with Crippen molar-refractivity contribution < 1.29 is 0 Å². The molecule has 1 nitrogen and oxygen atoms in total. The van der Waals surface area contributed by atoms with Gasteiger partial charge in [-0.15, -0.1) is 0 Å². The molecule has 0 N–H and O–H groups in total. The SMILES string of the molecule is C(=C(c1ccccc1)c1ccccc1)c1c2ccccc2c(N(c2ccccc2)c2ccc3c(c2)CCCC3)c2ccccc12. The largest absolute Gasteiger partial charge is 0.309 e. The van der Waals surface area contributed by atoms with Crippen LogP contribution in [0.4, 0.5) is 17.1 Å². The molecular formula is C44H35N. The van der Waals surface area contributed by atoms with Crippen molar-refractivity contribution in [2.24, 2.45) is 0 Å². The van der Waals surface area contributed by atoms with Gasteiger partial charge in [0.2, 0.25) is 0 Å². The van der Waals surface area contributed by atoms with Crippen LogP contribution < -0.4 is 4.90 Å². The topological polar surface area (TPSA) is 3.24 Å². The number of aryl methyl sites for hydroxylation is 2. The Morgan fingerprint density at radius 1 is 0.444 bits per heavy atom. The maximum Gasteiger partial charge on any atom is 0.0618 e. The number of rotatable bonds is 6. The highest BCUT2D eigenvalue weighted by atomic mass is 15.1. The summed E-state index contributed by atoms with van der Waals surface area (Å²) in [5.74, 6) is 0. The van der Waals surface area contributed by atoms with E-state index in [9.17, 15) is 0 Å². The van der Waals surface area contributed by atoms with Gasteiger partial charge < -0.3 is 4.90 Å². The van der Waals surface area contributed by atoms with Crippen LogP contribution in [0, 0.1) is 0 Å². The fourth-order valence-electron chi connectivity index (χ4n) is 7.09. The highest BCUT2D eigenvalue weighted by molar-refractivity contribution is 6.20. The number of nitrogens with zero attached hydrogens (tertiary/aromatic N) is 1. The van der Waals surface area contributed by atoms with Crippen LogP contribution in [0.25, 0.3) is 33.2 Å². The van der Waals surface area contributed by atoms with Crippen LogP contribution in [0.15, 0.2) is 158 Å². The molecule has 1 aliphatic rings. The first kappa shape index (κ1) is 27.2. The molecule has 0 saturated carbocycles. The van der Waals surface area contributed by atoms with Crippen molar-refractivity contribution in [2.75, 3.05) is 4.90 Å². The van der Waals surface area contributed by atoms with Crippen LogP contribution >= 0.6 is 0 Å². The Morgan fingerprint density at radius 3 is 1.51 bits per heavy atom. The smallest absolute Gasteiger partial charge is 0.0618 e. The minimum absolute atomic E-state index is 1.15. The van der Waals surface area contributed by atoms with E-state index in [1.807, 2.05) is 0 Å². The van der Waals surface area contributed by atoms with E-state index in [2.05, 4.69) is 169 Å². The molecule has 0 atom stereocenters. The summed E-state index contributed by atoms with van der Waals surface area (Å²) in [4.78, 5) is 2.49. The number of hydrogen-bond donors (Lipinski definition) is 0. The van der Waals surface area contributed by atoms with Crippen LogP contribution in [0.5, 0.6) is 0 Å². The monoisotopic (exact) mass is 577 g/mol. The van der Waals surface area contributed by atoms with E-state index in [0.717, 1.165) is 6.42 Å². The van der Waals surface area contributed by atoms with Gasteiger partial charge in [0.05, 0.1) is 5.69 Å². The average Bonchev–Trinajstić information content (AvgIpc) is 3.12. The lowest BCUT2D eigenvalue weighted by Gasteiger charge is -2.30. The van der Waals surface area contributed by atoms with Gasteiger partial charge in [-0.05, 0) is 100 Å². The molecule has 216 valence electrons. The molecule has 0 heterocycles. The van der Waals surface area contributed by atoms with Crippen molar-refractivity contribution in [1.82, 2.24) is 0 Å². The maximum atomic E-state index is 2.49. The molecule has 0 bridgehead atoms. The fraction of sp³-hybridized carbons (Fsp3) is 0.0909. The Balaban J connectivity index is 1.44. The molecule has 7 aromatic rings. The molecule has 0 amide bonds. The third-order valence-corrected chi connectivity index (χ3v) is 9.23. The van der Waals surface area contributed by atoms with Crippen molar-refractivity contribution in [2.45, 2.75) is 25.7 Å². The van der Waals surface area contributed by atoms with Crippen molar-refractivity contribution in [3.63, 3.8) is 0 Å². The summed E-state index contributed by atoms with van der Waals surface area (Å²) in [5, 5.41) is 4.97. The van der Waals surface area contributed by atoms with E-state index in [-0.39, 0.29) is 0 Å². The van der Waals surface area contributed by atoms with Gasteiger partial charge >= 0.3 is 0 Å². The number of para-hydroxylation sites is 1. The second-order valence-corrected chi connectivity index (χ2v) is 12.0. The summed E-state index contributed by atoms with van der Waals surface area (Å²) < 4.78 is 0. The Hall–Kier alpha value is -5.40. The first-order valence-electron chi connectivity index (χ1n) is 16.1. The van der Waals surface area contributed by atoms with Crippen LogP contribution in [0.1, 0.15) is 40.7 Å². The highest BCUT2D eigenvalue weighted by Gasteiger charge is 2.22. The minimum atomic E-state index is 1.15. The Morgan fingerprint density at radius 2 is 0.933 bits per heavy atom. The molecule has 0 aromatic heterocycles. The zero-order valence-electron chi connectivity index (χ0n) is 25.4. The van der Waals surface area contributed by atoms with Gasteiger partial charge in [-0.3, -0.25) is 0 Å². The zero-order valence-corrected chi connectivity index (χ0v) is 25.4. The molecular weight excluding hydrogens is 542 g/mol. The number of hydrogen-bond acceptors (Lipinski definition) is 1. The predicted octanol–water partition coefficient (Wildman–Crippen LogP) is 11.9. The highest BCUT2D eigenvalue weighted by Crippen LogP contribution is 2.47. The van der Waals surface area contributed by atoms with Crippen molar-refractivity contribution in [3.8, 4) is 0 Å². The van der Waals surface area contributed by atoms with Gasteiger partial charge in [-0.1, -0.05) is 133 Å². The molecule has 0 spiro atoms. The number of anilines is 3.